The van der Waals surface area contributed by atoms with Crippen molar-refractivity contribution in [2.75, 3.05) is 6.61 Å². The van der Waals surface area contributed by atoms with Gasteiger partial charge in [-0.1, -0.05) is 0 Å². The van der Waals surface area contributed by atoms with Crippen LogP contribution in [0.1, 0.15) is 6.92 Å². The lowest BCUT2D eigenvalue weighted by Crippen LogP contribution is -2.00. The molecule has 0 aliphatic heterocycles. The normalized spacial score (nSPS) is 7.27. The molecule has 0 unspecified atom stereocenters. The van der Waals surface area contributed by atoms with Crippen LogP contribution in [-0.2, 0) is 8.85 Å². The molecule has 0 aromatic rings. The standard InChI is InChI=1S/C10H10O3Si2/c1-2-12-14-9-10-15-13-8-6-4-3-5-7-11/h11H,2,9-10H2,1H3. The van der Waals surface area contributed by atoms with Crippen molar-refractivity contribution >= 4 is 19.5 Å². The summed E-state index contributed by atoms with van der Waals surface area (Å²) in [5, 5.41) is 8.06. The first kappa shape index (κ1) is 13.7. The molecule has 0 heterocycles. The average Bonchev–Trinajstić information content (AvgIpc) is 2.26. The molecule has 3 nitrogen and oxygen atoms in total. The molecule has 0 aromatic heterocycles. The van der Waals surface area contributed by atoms with E-state index in [-0.39, 0.29) is 0 Å². The number of rotatable bonds is 6. The maximum absolute atomic E-state index is 8.06. The first-order valence-corrected chi connectivity index (χ1v) is 6.52. The molecular formula is C10H10O3Si2. The third kappa shape index (κ3) is 12.7. The van der Waals surface area contributed by atoms with Crippen molar-refractivity contribution in [1.82, 2.24) is 0 Å². The van der Waals surface area contributed by atoms with Crippen LogP contribution < -0.4 is 0 Å². The minimum Gasteiger partial charge on any atom is -0.499 e. The Morgan fingerprint density at radius 2 is 1.80 bits per heavy atom. The van der Waals surface area contributed by atoms with E-state index in [1.807, 2.05) is 6.92 Å². The average molecular weight is 234 g/mol. The first-order valence-electron chi connectivity index (χ1n) is 4.29. The molecule has 76 valence electrons. The number of hydrogen-bond acceptors (Lipinski definition) is 3. The predicted octanol–water partition coefficient (Wildman–Crippen LogP) is 0.412. The largest absolute Gasteiger partial charge is 0.499 e. The number of aliphatic hydroxyl groups excluding tert-OH is 1. The second kappa shape index (κ2) is 12.7. The molecule has 1 N–H and O–H groups in total. The third-order valence-corrected chi connectivity index (χ3v) is 3.14. The van der Waals surface area contributed by atoms with Gasteiger partial charge in [0.1, 0.15) is 12.2 Å². The SMILES string of the molecule is CCO[Si]CC[Si]OC#CC#CC#CO. The van der Waals surface area contributed by atoms with Gasteiger partial charge < -0.3 is 14.0 Å². The third-order valence-electron chi connectivity index (χ3n) is 0.993. The molecule has 0 aliphatic carbocycles. The predicted molar refractivity (Wildman–Crippen MR) is 59.1 cm³/mol. The van der Waals surface area contributed by atoms with Gasteiger partial charge in [0.05, 0.1) is 0 Å². The molecule has 0 saturated carbocycles. The lowest BCUT2D eigenvalue weighted by molar-refractivity contribution is 0.360. The van der Waals surface area contributed by atoms with Crippen molar-refractivity contribution in [3.8, 4) is 35.9 Å². The molecule has 15 heavy (non-hydrogen) atoms. The maximum Gasteiger partial charge on any atom is 0.327 e. The summed E-state index contributed by atoms with van der Waals surface area (Å²) in [4.78, 5) is 0. The summed E-state index contributed by atoms with van der Waals surface area (Å²) in [5.74, 6) is 9.33. The summed E-state index contributed by atoms with van der Waals surface area (Å²) in [6, 6.07) is 1.96. The highest BCUT2D eigenvalue weighted by Crippen LogP contribution is 1.89. The van der Waals surface area contributed by atoms with Gasteiger partial charge in [-0.15, -0.1) is 0 Å². The van der Waals surface area contributed by atoms with E-state index < -0.39 is 0 Å². The van der Waals surface area contributed by atoms with Crippen LogP contribution in [0, 0.1) is 35.9 Å². The highest BCUT2D eigenvalue weighted by molar-refractivity contribution is 6.34. The van der Waals surface area contributed by atoms with Gasteiger partial charge in [0.15, 0.2) is 0 Å². The Morgan fingerprint density at radius 1 is 1.07 bits per heavy atom. The van der Waals surface area contributed by atoms with Crippen LogP contribution in [0.4, 0.5) is 0 Å². The summed E-state index contributed by atoms with van der Waals surface area (Å²) < 4.78 is 10.2. The maximum atomic E-state index is 8.06. The van der Waals surface area contributed by atoms with Crippen LogP contribution in [-0.4, -0.2) is 31.2 Å². The summed E-state index contributed by atoms with van der Waals surface area (Å²) >= 11 is 0. The van der Waals surface area contributed by atoms with Crippen LogP contribution in [0.5, 0.6) is 0 Å². The Hall–Kier alpha value is -1.33. The lowest BCUT2D eigenvalue weighted by Gasteiger charge is -1.95. The monoisotopic (exact) mass is 234 g/mol. The van der Waals surface area contributed by atoms with Gasteiger partial charge in [0.2, 0.25) is 9.76 Å². The zero-order valence-electron chi connectivity index (χ0n) is 8.39. The van der Waals surface area contributed by atoms with Crippen LogP contribution >= 0.6 is 0 Å². The van der Waals surface area contributed by atoms with Crippen molar-refractivity contribution in [2.45, 2.75) is 19.0 Å². The van der Waals surface area contributed by atoms with E-state index >= 15 is 0 Å². The van der Waals surface area contributed by atoms with E-state index in [1.165, 1.54) is 0 Å². The fourth-order valence-corrected chi connectivity index (χ4v) is 1.90. The molecule has 0 saturated heterocycles. The molecule has 5 heteroatoms. The van der Waals surface area contributed by atoms with E-state index in [0.29, 0.717) is 19.5 Å². The van der Waals surface area contributed by atoms with Crippen molar-refractivity contribution in [3.63, 3.8) is 0 Å². The minimum atomic E-state index is 0.356. The zero-order chi connectivity index (χ0) is 11.2. The van der Waals surface area contributed by atoms with Gasteiger partial charge in [-0.2, -0.15) is 0 Å². The fraction of sp³-hybridized carbons (Fsp3) is 0.400. The van der Waals surface area contributed by atoms with E-state index in [0.717, 1.165) is 18.7 Å². The topological polar surface area (TPSA) is 38.7 Å². The second-order valence-corrected chi connectivity index (χ2v) is 4.11. The molecule has 0 aliphatic rings. The van der Waals surface area contributed by atoms with Gasteiger partial charge in [-0.05, 0) is 19.0 Å². The molecule has 0 atom stereocenters. The second-order valence-electron chi connectivity index (χ2n) is 2.04. The molecule has 0 bridgehead atoms. The van der Waals surface area contributed by atoms with Crippen molar-refractivity contribution in [2.24, 2.45) is 0 Å². The Bertz CT molecular complexity index is 322. The van der Waals surface area contributed by atoms with E-state index in [2.05, 4.69) is 29.8 Å². The van der Waals surface area contributed by atoms with Crippen LogP contribution in [0.15, 0.2) is 0 Å². The number of hydrogen-bond donors (Lipinski definition) is 1. The molecular weight excluding hydrogens is 224 g/mol. The Labute approximate surface area is 95.4 Å². The molecule has 0 amide bonds. The van der Waals surface area contributed by atoms with E-state index in [4.69, 9.17) is 14.0 Å². The van der Waals surface area contributed by atoms with Gasteiger partial charge in [0, 0.05) is 30.3 Å². The molecule has 0 rings (SSSR count). The smallest absolute Gasteiger partial charge is 0.327 e. The molecule has 0 spiro atoms. The van der Waals surface area contributed by atoms with E-state index in [1.54, 1.807) is 6.11 Å². The zero-order valence-corrected chi connectivity index (χ0v) is 10.4. The first-order chi connectivity index (χ1) is 7.41. The summed E-state index contributed by atoms with van der Waals surface area (Å²) in [6.45, 7) is 2.74. The quantitative estimate of drug-likeness (QED) is 0.411. The van der Waals surface area contributed by atoms with Gasteiger partial charge in [-0.3, -0.25) is 0 Å². The van der Waals surface area contributed by atoms with Crippen molar-refractivity contribution in [1.29, 1.82) is 0 Å². The summed E-state index contributed by atoms with van der Waals surface area (Å²) in [5.41, 5.74) is 0. The van der Waals surface area contributed by atoms with Crippen molar-refractivity contribution in [3.05, 3.63) is 0 Å². The van der Waals surface area contributed by atoms with Crippen LogP contribution in [0.3, 0.4) is 0 Å². The highest BCUT2D eigenvalue weighted by atomic mass is 28.2. The van der Waals surface area contributed by atoms with Crippen molar-refractivity contribution < 1.29 is 14.0 Å². The lowest BCUT2D eigenvalue weighted by atomic mass is 10.6. The Balaban J connectivity index is 3.30. The van der Waals surface area contributed by atoms with Gasteiger partial charge in [0.25, 0.3) is 0 Å². The Kier molecular flexibility index (Phi) is 11.6. The molecule has 4 radical (unpaired) electrons. The fourth-order valence-electron chi connectivity index (χ4n) is 0.505. The highest BCUT2D eigenvalue weighted by Gasteiger charge is 1.93. The summed E-state index contributed by atoms with van der Waals surface area (Å²) in [7, 11) is 0.905. The van der Waals surface area contributed by atoms with Gasteiger partial charge in [-0.25, -0.2) is 0 Å². The van der Waals surface area contributed by atoms with Gasteiger partial charge >= 0.3 is 9.76 Å². The van der Waals surface area contributed by atoms with Crippen LogP contribution in [0.2, 0.25) is 12.1 Å². The van der Waals surface area contributed by atoms with E-state index in [9.17, 15) is 0 Å². The van der Waals surface area contributed by atoms with Crippen LogP contribution in [0.25, 0.3) is 0 Å². The molecule has 0 aromatic carbocycles. The number of aliphatic hydroxyl groups is 1. The summed E-state index contributed by atoms with van der Waals surface area (Å²) in [6.07, 6.45) is 4.09. The minimum absolute atomic E-state index is 0.356. The molecule has 0 fully saturated rings. The Morgan fingerprint density at radius 3 is 2.53 bits per heavy atom.